The second-order valence-corrected chi connectivity index (χ2v) is 11.8. The van der Waals surface area contributed by atoms with Crippen molar-refractivity contribution in [3.8, 4) is 5.75 Å². The molecule has 24 heavy (non-hydrogen) atoms. The van der Waals surface area contributed by atoms with Crippen LogP contribution in [0.3, 0.4) is 0 Å². The van der Waals surface area contributed by atoms with Crippen molar-refractivity contribution in [2.24, 2.45) is 5.41 Å². The van der Waals surface area contributed by atoms with Crippen molar-refractivity contribution < 1.29 is 9.53 Å². The number of carbonyl (C=O) groups is 1. The van der Waals surface area contributed by atoms with Crippen LogP contribution in [0.15, 0.2) is 18.2 Å². The Bertz CT molecular complexity index is 565. The summed E-state index contributed by atoms with van der Waals surface area (Å²) in [6.45, 7) is 15.7. The van der Waals surface area contributed by atoms with E-state index in [4.69, 9.17) is 16.3 Å². The fraction of sp³-hybridized carbons (Fsp3) is 0.632. The topological polar surface area (TPSA) is 38.3 Å². The Kier molecular flexibility index (Phi) is 7.36. The van der Waals surface area contributed by atoms with Crippen LogP contribution in [0.5, 0.6) is 5.75 Å². The second kappa shape index (κ2) is 8.39. The predicted molar refractivity (Wildman–Crippen MR) is 105 cm³/mol. The van der Waals surface area contributed by atoms with Crippen LogP contribution in [-0.4, -0.2) is 26.8 Å². The second-order valence-electron chi connectivity index (χ2n) is 8.50. The number of para-hydroxylation sites is 1. The van der Waals surface area contributed by atoms with E-state index in [0.29, 0.717) is 22.9 Å². The molecule has 135 valence electrons. The fourth-order valence-electron chi connectivity index (χ4n) is 2.94. The first-order chi connectivity index (χ1) is 10.9. The number of nitrogens with one attached hydrogen (secondary N) is 1. The Labute approximate surface area is 153 Å². The third kappa shape index (κ3) is 7.26. The van der Waals surface area contributed by atoms with E-state index in [1.54, 1.807) is 18.2 Å². The fourth-order valence-corrected chi connectivity index (χ4v) is 3.68. The summed E-state index contributed by atoms with van der Waals surface area (Å²) in [7, 11) is -0.367. The number of ether oxygens (including phenoxy) is 1. The van der Waals surface area contributed by atoms with Crippen LogP contribution < -0.4 is 10.1 Å². The lowest BCUT2D eigenvalue weighted by molar-refractivity contribution is 0.0887. The van der Waals surface area contributed by atoms with Gasteiger partial charge in [-0.3, -0.25) is 4.79 Å². The third-order valence-electron chi connectivity index (χ3n) is 3.48. The largest absolute Gasteiger partial charge is 0.491 e. The molecule has 1 rings (SSSR count). The van der Waals surface area contributed by atoms with E-state index in [1.807, 2.05) is 13.8 Å². The van der Waals surface area contributed by atoms with E-state index < -0.39 is 0 Å². The first kappa shape index (κ1) is 21.0. The maximum Gasteiger partial charge on any atom is 0.255 e. The van der Waals surface area contributed by atoms with E-state index in [-0.39, 0.29) is 25.7 Å². The average molecular weight is 369 g/mol. The van der Waals surface area contributed by atoms with Gasteiger partial charge in [-0.15, -0.1) is 0 Å². The van der Waals surface area contributed by atoms with Crippen molar-refractivity contribution in [2.75, 3.05) is 6.61 Å². The van der Waals surface area contributed by atoms with E-state index >= 15 is 0 Å². The Morgan fingerprint density at radius 3 is 2.38 bits per heavy atom. The van der Waals surface area contributed by atoms with Crippen molar-refractivity contribution >= 4 is 26.3 Å². The van der Waals surface area contributed by atoms with Crippen molar-refractivity contribution in [1.82, 2.24) is 5.32 Å². The molecule has 0 spiro atoms. The molecule has 0 unspecified atom stereocenters. The van der Waals surface area contributed by atoms with E-state index in [9.17, 15) is 4.79 Å². The molecule has 0 aliphatic heterocycles. The number of hydrogen-bond donors (Lipinski definition) is 1. The molecule has 0 aromatic heterocycles. The summed E-state index contributed by atoms with van der Waals surface area (Å²) < 4.78 is 5.85. The van der Waals surface area contributed by atoms with Gasteiger partial charge in [0.25, 0.3) is 5.91 Å². The molecule has 0 aliphatic carbocycles. The normalized spacial score (nSPS) is 12.4. The molecular weight excluding hydrogens is 338 g/mol. The Morgan fingerprint density at radius 2 is 1.83 bits per heavy atom. The minimum Gasteiger partial charge on any atom is -0.491 e. The number of hydrogen-bond acceptors (Lipinski definition) is 2. The maximum atomic E-state index is 12.8. The van der Waals surface area contributed by atoms with Gasteiger partial charge < -0.3 is 10.1 Å². The highest BCUT2D eigenvalue weighted by molar-refractivity contribution is 6.55. The smallest absolute Gasteiger partial charge is 0.255 e. The van der Waals surface area contributed by atoms with E-state index in [2.05, 4.69) is 39.2 Å². The van der Waals surface area contributed by atoms with Gasteiger partial charge in [-0.05, 0) is 43.9 Å². The quantitative estimate of drug-likeness (QED) is 0.652. The molecule has 0 heterocycles. The van der Waals surface area contributed by atoms with Crippen LogP contribution in [0.2, 0.25) is 24.2 Å². The highest BCUT2D eigenvalue weighted by Crippen LogP contribution is 2.31. The summed E-state index contributed by atoms with van der Waals surface area (Å²) in [5.74, 6) is 0.353. The van der Waals surface area contributed by atoms with Gasteiger partial charge in [0.05, 0.1) is 17.2 Å². The van der Waals surface area contributed by atoms with Crippen molar-refractivity contribution in [1.29, 1.82) is 0 Å². The lowest BCUT2D eigenvalue weighted by Gasteiger charge is -2.33. The molecule has 0 aliphatic rings. The maximum absolute atomic E-state index is 12.8. The van der Waals surface area contributed by atoms with Crippen LogP contribution in [-0.2, 0) is 0 Å². The third-order valence-corrected chi connectivity index (χ3v) is 4.99. The molecule has 1 aromatic carbocycles. The van der Waals surface area contributed by atoms with E-state index in [0.717, 1.165) is 12.5 Å². The first-order valence-corrected chi connectivity index (χ1v) is 11.5. The lowest BCUT2D eigenvalue weighted by Crippen LogP contribution is -2.45. The summed E-state index contributed by atoms with van der Waals surface area (Å²) in [5, 5.41) is 3.61. The Hall–Kier alpha value is -1.00. The standard InChI is InChI=1S/C19H31ClNO2Si/c1-18(2,3)13-19(4,5)21-17(22)14-9-8-10-15(20)16(14)23-11-12-24(6)7/h8-10H,11-13H2,1-7H3,(H,21,22). The minimum atomic E-state index is -0.367. The molecule has 0 saturated carbocycles. The van der Waals surface area contributed by atoms with Crippen LogP contribution in [0.1, 0.15) is 51.4 Å². The number of halogens is 1. The van der Waals surface area contributed by atoms with Gasteiger partial charge in [0.15, 0.2) is 5.75 Å². The monoisotopic (exact) mass is 368 g/mol. The van der Waals surface area contributed by atoms with Gasteiger partial charge in [0.2, 0.25) is 0 Å². The molecular formula is C19H31ClNO2Si. The number of rotatable bonds is 7. The zero-order valence-electron chi connectivity index (χ0n) is 16.0. The van der Waals surface area contributed by atoms with Gasteiger partial charge in [0.1, 0.15) is 0 Å². The van der Waals surface area contributed by atoms with Gasteiger partial charge >= 0.3 is 0 Å². The minimum absolute atomic E-state index is 0.130. The summed E-state index contributed by atoms with van der Waals surface area (Å²) >= 11 is 6.27. The molecule has 1 radical (unpaired) electrons. The molecule has 5 heteroatoms. The van der Waals surface area contributed by atoms with Crippen LogP contribution in [0.4, 0.5) is 0 Å². The Balaban J connectivity index is 2.92. The summed E-state index contributed by atoms with van der Waals surface area (Å²) in [6, 6.07) is 6.34. The highest BCUT2D eigenvalue weighted by atomic mass is 35.5. The van der Waals surface area contributed by atoms with Crippen LogP contribution >= 0.6 is 11.6 Å². The van der Waals surface area contributed by atoms with Crippen LogP contribution in [0.25, 0.3) is 0 Å². The molecule has 1 N–H and O–H groups in total. The summed E-state index contributed by atoms with van der Waals surface area (Å²) in [4.78, 5) is 12.8. The Morgan fingerprint density at radius 1 is 1.21 bits per heavy atom. The molecule has 0 fully saturated rings. The highest BCUT2D eigenvalue weighted by Gasteiger charge is 2.28. The van der Waals surface area contributed by atoms with Crippen molar-refractivity contribution in [2.45, 2.75) is 65.7 Å². The zero-order chi connectivity index (χ0) is 18.5. The first-order valence-electron chi connectivity index (χ1n) is 8.44. The van der Waals surface area contributed by atoms with E-state index in [1.165, 1.54) is 0 Å². The SMILES string of the molecule is C[Si](C)CCOc1c(Cl)cccc1C(=O)NC(C)(C)CC(C)(C)C. The lowest BCUT2D eigenvalue weighted by atomic mass is 9.81. The molecule has 0 saturated heterocycles. The van der Waals surface area contributed by atoms with Crippen molar-refractivity contribution in [3.05, 3.63) is 28.8 Å². The predicted octanol–water partition coefficient (Wildman–Crippen LogP) is 5.42. The van der Waals surface area contributed by atoms with Crippen LogP contribution in [0, 0.1) is 5.41 Å². The summed E-state index contributed by atoms with van der Waals surface area (Å²) in [6.07, 6.45) is 0.875. The van der Waals surface area contributed by atoms with Gasteiger partial charge in [-0.2, -0.15) is 0 Å². The van der Waals surface area contributed by atoms with Gasteiger partial charge in [0, 0.05) is 14.3 Å². The molecule has 3 nitrogen and oxygen atoms in total. The van der Waals surface area contributed by atoms with Gasteiger partial charge in [-0.1, -0.05) is 51.5 Å². The zero-order valence-corrected chi connectivity index (χ0v) is 17.8. The number of benzene rings is 1. The number of amides is 1. The molecule has 1 amide bonds. The van der Waals surface area contributed by atoms with Crippen molar-refractivity contribution in [3.63, 3.8) is 0 Å². The number of carbonyl (C=O) groups excluding carboxylic acids is 1. The van der Waals surface area contributed by atoms with Gasteiger partial charge in [-0.25, -0.2) is 0 Å². The average Bonchev–Trinajstić information content (AvgIpc) is 2.36. The molecule has 0 bridgehead atoms. The summed E-state index contributed by atoms with van der Waals surface area (Å²) in [5.41, 5.74) is 0.328. The molecule has 0 atom stereocenters. The molecule has 1 aromatic rings.